The van der Waals surface area contributed by atoms with E-state index < -0.39 is 6.04 Å². The van der Waals surface area contributed by atoms with E-state index in [9.17, 15) is 4.79 Å². The van der Waals surface area contributed by atoms with Gasteiger partial charge in [-0.15, -0.1) is 0 Å². The zero-order valence-electron chi connectivity index (χ0n) is 7.27. The second kappa shape index (κ2) is 3.53. The van der Waals surface area contributed by atoms with Crippen molar-refractivity contribution in [1.82, 2.24) is 0 Å². The van der Waals surface area contributed by atoms with Crippen molar-refractivity contribution in [2.24, 2.45) is 5.73 Å². The van der Waals surface area contributed by atoms with Gasteiger partial charge in [-0.05, 0) is 17.7 Å². The molecule has 5 heteroatoms. The van der Waals surface area contributed by atoms with E-state index in [-0.39, 0.29) is 11.5 Å². The predicted molar refractivity (Wildman–Crippen MR) is 54.4 cm³/mol. The van der Waals surface area contributed by atoms with E-state index >= 15 is 0 Å². The van der Waals surface area contributed by atoms with Gasteiger partial charge < -0.3 is 15.3 Å². The quantitative estimate of drug-likeness (QED) is 0.772. The first-order chi connectivity index (χ1) is 6.70. The third kappa shape index (κ3) is 1.57. The summed E-state index contributed by atoms with van der Waals surface area (Å²) in [7, 11) is 0. The van der Waals surface area contributed by atoms with Crippen LogP contribution in [0.3, 0.4) is 0 Å². The first-order valence-corrected chi connectivity index (χ1v) is 4.92. The second-order valence-corrected chi connectivity index (χ2v) is 3.93. The lowest BCUT2D eigenvalue weighted by Gasteiger charge is -2.06. The Balaban J connectivity index is 2.55. The molecule has 0 radical (unpaired) electrons. The number of aliphatic hydroxyl groups is 1. The molecule has 0 spiro atoms. The van der Waals surface area contributed by atoms with Crippen molar-refractivity contribution in [2.45, 2.75) is 6.04 Å². The molecule has 0 amide bonds. The van der Waals surface area contributed by atoms with Gasteiger partial charge >= 0.3 is 4.94 Å². The molecule has 14 heavy (non-hydrogen) atoms. The highest BCUT2D eigenvalue weighted by Crippen LogP contribution is 2.20. The van der Waals surface area contributed by atoms with Crippen molar-refractivity contribution in [1.29, 1.82) is 0 Å². The largest absolute Gasteiger partial charge is 0.414 e. The summed E-state index contributed by atoms with van der Waals surface area (Å²) in [4.78, 5) is 10.6. The van der Waals surface area contributed by atoms with Crippen LogP contribution in [0.4, 0.5) is 0 Å². The monoisotopic (exact) mass is 211 g/mol. The topological polar surface area (TPSA) is 76.5 Å². The third-order valence-electron chi connectivity index (χ3n) is 1.98. The molecule has 0 saturated carbocycles. The lowest BCUT2D eigenvalue weighted by molar-refractivity contribution is 0.268. The number of fused-ring (bicyclic) bond motifs is 1. The Kier molecular flexibility index (Phi) is 2.37. The highest BCUT2D eigenvalue weighted by molar-refractivity contribution is 7.16. The Morgan fingerprint density at radius 2 is 2.36 bits per heavy atom. The summed E-state index contributed by atoms with van der Waals surface area (Å²) < 4.78 is 5.72. The molecule has 0 aliphatic rings. The number of benzene rings is 1. The molecule has 0 saturated heterocycles. The van der Waals surface area contributed by atoms with Gasteiger partial charge in [-0.3, -0.25) is 0 Å². The lowest BCUT2D eigenvalue weighted by Crippen LogP contribution is -2.13. The smallest absolute Gasteiger partial charge is 0.396 e. The maximum Gasteiger partial charge on any atom is 0.396 e. The molecular formula is C9H9NO3S. The Hall–Kier alpha value is -1.17. The standard InChI is InChI=1S/C9H9NO3S/c10-6(4-11)5-1-2-8-7(3-5)13-9(12)14-8/h1-3,6,11H,4,10H2. The fourth-order valence-electron chi connectivity index (χ4n) is 1.23. The minimum absolute atomic E-state index is 0.125. The summed E-state index contributed by atoms with van der Waals surface area (Å²) in [5.41, 5.74) is 6.92. The zero-order valence-corrected chi connectivity index (χ0v) is 8.08. The van der Waals surface area contributed by atoms with Crippen LogP contribution in [-0.2, 0) is 0 Å². The van der Waals surface area contributed by atoms with E-state index in [1.807, 2.05) is 0 Å². The van der Waals surface area contributed by atoms with Gasteiger partial charge in [0.2, 0.25) is 0 Å². The molecule has 0 bridgehead atoms. The SMILES string of the molecule is NC(CO)c1ccc2sc(=O)oc2c1. The average molecular weight is 211 g/mol. The molecule has 74 valence electrons. The normalized spacial score (nSPS) is 13.3. The van der Waals surface area contributed by atoms with E-state index in [1.54, 1.807) is 18.2 Å². The molecule has 1 heterocycles. The van der Waals surface area contributed by atoms with Crippen LogP contribution in [0.25, 0.3) is 10.3 Å². The van der Waals surface area contributed by atoms with E-state index in [0.717, 1.165) is 21.6 Å². The van der Waals surface area contributed by atoms with Crippen molar-refractivity contribution in [3.8, 4) is 0 Å². The van der Waals surface area contributed by atoms with Crippen LogP contribution in [0, 0.1) is 0 Å². The average Bonchev–Trinajstić information content (AvgIpc) is 2.55. The van der Waals surface area contributed by atoms with E-state index in [0.29, 0.717) is 5.58 Å². The molecule has 0 fully saturated rings. The zero-order chi connectivity index (χ0) is 10.1. The van der Waals surface area contributed by atoms with Crippen molar-refractivity contribution in [2.75, 3.05) is 6.61 Å². The molecule has 3 N–H and O–H groups in total. The maximum absolute atomic E-state index is 10.9. The van der Waals surface area contributed by atoms with Crippen molar-refractivity contribution < 1.29 is 9.52 Å². The van der Waals surface area contributed by atoms with E-state index in [2.05, 4.69) is 0 Å². The van der Waals surface area contributed by atoms with Crippen LogP contribution in [0.15, 0.2) is 27.4 Å². The number of hydrogen-bond donors (Lipinski definition) is 2. The van der Waals surface area contributed by atoms with Crippen LogP contribution in [0.5, 0.6) is 0 Å². The summed E-state index contributed by atoms with van der Waals surface area (Å²) in [5, 5.41) is 8.85. The van der Waals surface area contributed by atoms with Crippen LogP contribution in [0.1, 0.15) is 11.6 Å². The Morgan fingerprint density at radius 1 is 1.57 bits per heavy atom. The van der Waals surface area contributed by atoms with Crippen molar-refractivity contribution in [3.63, 3.8) is 0 Å². The summed E-state index contributed by atoms with van der Waals surface area (Å²) >= 11 is 1.05. The molecule has 2 rings (SSSR count). The minimum Gasteiger partial charge on any atom is -0.414 e. The molecule has 4 nitrogen and oxygen atoms in total. The second-order valence-electron chi connectivity index (χ2n) is 2.95. The molecule has 2 aromatic rings. The van der Waals surface area contributed by atoms with Gasteiger partial charge in [0.15, 0.2) is 0 Å². The van der Waals surface area contributed by atoms with Gasteiger partial charge in [-0.2, -0.15) is 0 Å². The summed E-state index contributed by atoms with van der Waals surface area (Å²) in [6.07, 6.45) is 0. The Labute approximate surface area is 83.6 Å². The Bertz CT molecular complexity index is 502. The van der Waals surface area contributed by atoms with Gasteiger partial charge in [-0.25, -0.2) is 4.79 Å². The van der Waals surface area contributed by atoms with Crippen molar-refractivity contribution in [3.05, 3.63) is 33.5 Å². The molecule has 1 aromatic heterocycles. The van der Waals surface area contributed by atoms with Gasteiger partial charge in [-0.1, -0.05) is 17.4 Å². The summed E-state index contributed by atoms with van der Waals surface area (Å²) in [6, 6.07) is 4.82. The van der Waals surface area contributed by atoms with Crippen LogP contribution in [0.2, 0.25) is 0 Å². The van der Waals surface area contributed by atoms with E-state index in [4.69, 9.17) is 15.3 Å². The van der Waals surface area contributed by atoms with Crippen LogP contribution in [-0.4, -0.2) is 11.7 Å². The van der Waals surface area contributed by atoms with Gasteiger partial charge in [0, 0.05) is 0 Å². The van der Waals surface area contributed by atoms with Gasteiger partial charge in [0.25, 0.3) is 0 Å². The Morgan fingerprint density at radius 3 is 3.07 bits per heavy atom. The summed E-state index contributed by atoms with van der Waals surface area (Å²) in [5.74, 6) is 0. The number of rotatable bonds is 2. The first-order valence-electron chi connectivity index (χ1n) is 4.11. The highest BCUT2D eigenvalue weighted by atomic mass is 32.1. The van der Waals surface area contributed by atoms with Gasteiger partial charge in [0.05, 0.1) is 17.3 Å². The molecular weight excluding hydrogens is 202 g/mol. The molecule has 1 atom stereocenters. The predicted octanol–water partition coefficient (Wildman–Crippen LogP) is 0.847. The van der Waals surface area contributed by atoms with Gasteiger partial charge in [0.1, 0.15) is 5.58 Å². The van der Waals surface area contributed by atoms with Crippen LogP contribution < -0.4 is 10.7 Å². The number of hydrogen-bond acceptors (Lipinski definition) is 5. The summed E-state index contributed by atoms with van der Waals surface area (Å²) in [6.45, 7) is -0.125. The third-order valence-corrected chi connectivity index (χ3v) is 2.79. The molecule has 0 aliphatic carbocycles. The molecule has 0 aliphatic heterocycles. The number of nitrogens with two attached hydrogens (primary N) is 1. The maximum atomic E-state index is 10.9. The molecule has 1 unspecified atom stereocenters. The fourth-order valence-corrected chi connectivity index (χ4v) is 1.87. The van der Waals surface area contributed by atoms with Crippen LogP contribution >= 0.6 is 11.3 Å². The van der Waals surface area contributed by atoms with E-state index in [1.165, 1.54) is 0 Å². The highest BCUT2D eigenvalue weighted by Gasteiger charge is 2.07. The minimum atomic E-state index is -0.426. The fraction of sp³-hybridized carbons (Fsp3) is 0.222. The van der Waals surface area contributed by atoms with Crippen molar-refractivity contribution >= 4 is 21.6 Å². The lowest BCUT2D eigenvalue weighted by atomic mass is 10.1. The number of aliphatic hydroxyl groups excluding tert-OH is 1. The first kappa shape index (κ1) is 9.39. The molecule has 1 aromatic carbocycles.